The number of rotatable bonds is 5. The first-order valence-electron chi connectivity index (χ1n) is 8.16. The van der Waals surface area contributed by atoms with E-state index < -0.39 is 29.2 Å². The zero-order valence-corrected chi connectivity index (χ0v) is 16.5. The average molecular weight is 448 g/mol. The van der Waals surface area contributed by atoms with Gasteiger partial charge < -0.3 is 4.42 Å². The van der Waals surface area contributed by atoms with Gasteiger partial charge in [0.1, 0.15) is 0 Å². The number of nitrogens with zero attached hydrogens (tertiary/aromatic N) is 4. The molecule has 29 heavy (non-hydrogen) atoms. The van der Waals surface area contributed by atoms with Crippen LogP contribution in [-0.2, 0) is 6.42 Å². The molecule has 0 saturated carbocycles. The predicted molar refractivity (Wildman–Crippen MR) is 99.8 cm³/mol. The molecule has 0 fully saturated rings. The van der Waals surface area contributed by atoms with Gasteiger partial charge in [-0.2, -0.15) is 23.2 Å². The van der Waals surface area contributed by atoms with Crippen LogP contribution in [0.3, 0.4) is 0 Å². The second-order valence-electron chi connectivity index (χ2n) is 6.23. The van der Waals surface area contributed by atoms with Gasteiger partial charge >= 0.3 is 18.0 Å². The van der Waals surface area contributed by atoms with Gasteiger partial charge in [-0.15, -0.1) is 5.10 Å². The fraction of sp³-hybridized carbons (Fsp3) is 0.312. The lowest BCUT2D eigenvalue weighted by atomic mass is 10.1. The number of nitrogens with one attached hydrogen (secondary N) is 1. The van der Waals surface area contributed by atoms with Gasteiger partial charge in [0.25, 0.3) is 5.56 Å². The summed E-state index contributed by atoms with van der Waals surface area (Å²) in [4.78, 5) is 36.9. The predicted octanol–water partition coefficient (Wildman–Crippen LogP) is 2.62. The number of hydrogen-bond donors (Lipinski definition) is 1. The van der Waals surface area contributed by atoms with Crippen molar-refractivity contribution in [2.24, 2.45) is 0 Å². The minimum atomic E-state index is -3.25. The van der Waals surface area contributed by atoms with Crippen LogP contribution >= 0.6 is 23.2 Å². The highest BCUT2D eigenvalue weighted by molar-refractivity contribution is 6.36. The van der Waals surface area contributed by atoms with E-state index in [-0.39, 0.29) is 38.6 Å². The Morgan fingerprint density at radius 1 is 1.10 bits per heavy atom. The first-order valence-corrected chi connectivity index (χ1v) is 8.92. The van der Waals surface area contributed by atoms with Crippen molar-refractivity contribution in [3.8, 4) is 11.3 Å². The molecule has 0 aliphatic heterocycles. The molecule has 1 N–H and O–H groups in total. The third-order valence-corrected chi connectivity index (χ3v) is 4.55. The summed E-state index contributed by atoms with van der Waals surface area (Å²) in [5.74, 6) is -0.564. The van der Waals surface area contributed by atoms with Crippen LogP contribution in [0.5, 0.6) is 0 Å². The van der Waals surface area contributed by atoms with Crippen LogP contribution in [0, 0.1) is 0 Å². The Kier molecular flexibility index (Phi) is 5.71. The molecule has 0 atom stereocenters. The second-order valence-corrected chi connectivity index (χ2v) is 7.04. The zero-order valence-electron chi connectivity index (χ0n) is 15.0. The molecular weight excluding hydrogens is 435 g/mol. The average Bonchev–Trinajstić information content (AvgIpc) is 2.98. The number of benzene rings is 1. The lowest BCUT2D eigenvalue weighted by molar-refractivity contribution is 0.0495. The highest BCUT2D eigenvalue weighted by Gasteiger charge is 2.19. The van der Waals surface area contributed by atoms with E-state index in [1.165, 1.54) is 12.1 Å². The molecule has 9 nitrogen and oxygen atoms in total. The highest BCUT2D eigenvalue weighted by Crippen LogP contribution is 2.31. The van der Waals surface area contributed by atoms with Gasteiger partial charge in [-0.25, -0.2) is 9.59 Å². The summed E-state index contributed by atoms with van der Waals surface area (Å²) in [6.45, 7) is 0.264. The number of hydrogen-bond acceptors (Lipinski definition) is 6. The third-order valence-electron chi connectivity index (χ3n) is 3.88. The Bertz CT molecular complexity index is 1220. The smallest absolute Gasteiger partial charge is 0.392 e. The summed E-state index contributed by atoms with van der Waals surface area (Å²) in [6.07, 6.45) is -0.0206. The number of alkyl halides is 2. The van der Waals surface area contributed by atoms with Crippen LogP contribution in [0.4, 0.5) is 8.78 Å². The van der Waals surface area contributed by atoms with E-state index in [0.29, 0.717) is 5.56 Å². The number of aromatic nitrogens is 5. The largest absolute Gasteiger partial charge is 0.437 e. The molecule has 2 aromatic heterocycles. The van der Waals surface area contributed by atoms with Crippen molar-refractivity contribution >= 4 is 23.2 Å². The van der Waals surface area contributed by atoms with Crippen molar-refractivity contribution in [3.63, 3.8) is 0 Å². The molecule has 13 heteroatoms. The molecule has 0 unspecified atom stereocenters. The van der Waals surface area contributed by atoms with Gasteiger partial charge in [-0.05, 0) is 31.5 Å². The van der Waals surface area contributed by atoms with Crippen LogP contribution in [0.2, 0.25) is 10.0 Å². The molecule has 3 rings (SSSR count). The van der Waals surface area contributed by atoms with Gasteiger partial charge in [-0.1, -0.05) is 23.2 Å². The summed E-state index contributed by atoms with van der Waals surface area (Å²) in [7, 11) is 0. The summed E-state index contributed by atoms with van der Waals surface area (Å²) in [5.41, 5.74) is -2.43. The lowest BCUT2D eigenvalue weighted by Gasteiger charge is -2.09. The molecule has 2 heterocycles. The van der Waals surface area contributed by atoms with Crippen LogP contribution in [-0.4, -0.2) is 24.5 Å². The van der Waals surface area contributed by atoms with Crippen molar-refractivity contribution in [3.05, 3.63) is 65.0 Å². The quantitative estimate of drug-likeness (QED) is 0.642. The third kappa shape index (κ3) is 4.15. The Morgan fingerprint density at radius 3 is 2.24 bits per heavy atom. The van der Waals surface area contributed by atoms with Crippen molar-refractivity contribution in [2.75, 3.05) is 0 Å². The van der Waals surface area contributed by atoms with E-state index in [4.69, 9.17) is 27.6 Å². The van der Waals surface area contributed by atoms with E-state index in [1.54, 1.807) is 18.8 Å². The van der Waals surface area contributed by atoms with Crippen LogP contribution in [0.15, 0.2) is 30.9 Å². The maximum Gasteiger partial charge on any atom is 0.437 e. The minimum Gasteiger partial charge on any atom is -0.392 e. The molecule has 0 bridgehead atoms. The highest BCUT2D eigenvalue weighted by atomic mass is 35.5. The summed E-state index contributed by atoms with van der Waals surface area (Å²) < 4.78 is 31.8. The minimum absolute atomic E-state index is 0.0206. The topological polar surface area (TPSA) is 116 Å². The SMILES string of the molecule is CC(C)n1nc(Cc2c(Cl)cc(-c3nn(C(F)F)c(=O)[nH]c3=O)cc2Cl)oc1=O. The normalized spacial score (nSPS) is 11.6. The molecule has 0 spiro atoms. The standard InChI is InChI=1S/C16H13Cl2F2N5O4/c1-6(2)24-16(28)29-11(22-24)5-8-9(17)3-7(4-10(8)18)12-13(26)21-15(27)25(23-12)14(19)20/h3-4,6,14H,5H2,1-2H3,(H,21,26,27). The fourth-order valence-corrected chi connectivity index (χ4v) is 3.14. The van der Waals surface area contributed by atoms with Crippen LogP contribution < -0.4 is 17.0 Å². The Hall–Kier alpha value is -2.79. The van der Waals surface area contributed by atoms with E-state index in [0.717, 1.165) is 4.68 Å². The van der Waals surface area contributed by atoms with E-state index in [1.807, 2.05) is 0 Å². The first-order chi connectivity index (χ1) is 13.6. The van der Waals surface area contributed by atoms with Crippen molar-refractivity contribution in [1.29, 1.82) is 0 Å². The van der Waals surface area contributed by atoms with Crippen LogP contribution in [0.1, 0.15) is 37.9 Å². The number of halogens is 4. The number of H-pyrrole nitrogens is 1. The van der Waals surface area contributed by atoms with Gasteiger partial charge in [-0.3, -0.25) is 9.78 Å². The van der Waals surface area contributed by atoms with E-state index >= 15 is 0 Å². The maximum atomic E-state index is 12.9. The summed E-state index contributed by atoms with van der Waals surface area (Å²) in [5, 5.41) is 7.56. The fourth-order valence-electron chi connectivity index (χ4n) is 2.52. The Labute approximate surface area is 170 Å². The Balaban J connectivity index is 2.04. The Morgan fingerprint density at radius 2 is 1.72 bits per heavy atom. The maximum absolute atomic E-state index is 12.9. The molecule has 1 aromatic carbocycles. The monoisotopic (exact) mass is 447 g/mol. The summed E-state index contributed by atoms with van der Waals surface area (Å²) in [6, 6.07) is 2.34. The zero-order chi connectivity index (χ0) is 21.5. The molecule has 154 valence electrons. The second kappa shape index (κ2) is 7.91. The van der Waals surface area contributed by atoms with Crippen LogP contribution in [0.25, 0.3) is 11.3 Å². The van der Waals surface area contributed by atoms with Gasteiger partial charge in [0.15, 0.2) is 5.69 Å². The first kappa shape index (κ1) is 20.9. The van der Waals surface area contributed by atoms with Gasteiger partial charge in [0, 0.05) is 15.6 Å². The van der Waals surface area contributed by atoms with E-state index in [9.17, 15) is 23.2 Å². The lowest BCUT2D eigenvalue weighted by Crippen LogP contribution is -2.33. The summed E-state index contributed by atoms with van der Waals surface area (Å²) >= 11 is 12.5. The molecule has 0 saturated heterocycles. The van der Waals surface area contributed by atoms with Crippen molar-refractivity contribution in [1.82, 2.24) is 24.5 Å². The molecular formula is C16H13Cl2F2N5O4. The van der Waals surface area contributed by atoms with Gasteiger partial charge in [0.05, 0.1) is 12.5 Å². The van der Waals surface area contributed by atoms with Crippen molar-refractivity contribution in [2.45, 2.75) is 32.9 Å². The molecule has 0 aliphatic rings. The molecule has 0 amide bonds. The van der Waals surface area contributed by atoms with Gasteiger partial charge in [0.2, 0.25) is 5.89 Å². The molecule has 3 aromatic rings. The number of aromatic amines is 1. The van der Waals surface area contributed by atoms with E-state index in [2.05, 4.69) is 10.2 Å². The molecule has 0 aliphatic carbocycles. The van der Waals surface area contributed by atoms with Crippen molar-refractivity contribution < 1.29 is 13.2 Å². The molecule has 0 radical (unpaired) electrons.